The summed E-state index contributed by atoms with van der Waals surface area (Å²) in [6.45, 7) is 5.01. The number of piperidine rings is 3. The molecule has 2 aromatic carbocycles. The minimum atomic E-state index is -1.26. The molecule has 4 fully saturated rings. The van der Waals surface area contributed by atoms with Crippen molar-refractivity contribution in [3.8, 4) is 11.1 Å². The molecule has 4 aliphatic rings. The van der Waals surface area contributed by atoms with Gasteiger partial charge in [-0.05, 0) is 74.2 Å². The number of carboxylic acids is 2. The number of hydrogen-bond acceptors (Lipinski definition) is 5. The van der Waals surface area contributed by atoms with Gasteiger partial charge >= 0.3 is 11.9 Å². The van der Waals surface area contributed by atoms with Gasteiger partial charge in [-0.15, -0.1) is 0 Å². The highest BCUT2D eigenvalue weighted by Crippen LogP contribution is 2.34. The number of nitrogens with zero attached hydrogens (tertiary/aromatic N) is 1. The van der Waals surface area contributed by atoms with Crippen LogP contribution in [0, 0.1) is 11.8 Å². The Balaban J connectivity index is 0.000000331. The lowest BCUT2D eigenvalue weighted by Gasteiger charge is -2.45. The SMILES string of the molecule is O=C(O)/C=C/C(=O)O.c1ccc(-c2ccccc2NC(NCC2CN3CCC2CC3)=C2CCC2)cc1. The van der Waals surface area contributed by atoms with Gasteiger partial charge in [0.2, 0.25) is 0 Å². The zero-order valence-electron chi connectivity index (χ0n) is 20.5. The highest BCUT2D eigenvalue weighted by molar-refractivity contribution is 5.89. The van der Waals surface area contributed by atoms with Crippen molar-refractivity contribution in [2.24, 2.45) is 11.8 Å². The van der Waals surface area contributed by atoms with Gasteiger partial charge in [-0.25, -0.2) is 9.59 Å². The number of carbonyl (C=O) groups is 2. The molecule has 36 heavy (non-hydrogen) atoms. The van der Waals surface area contributed by atoms with Gasteiger partial charge in [0.25, 0.3) is 0 Å². The number of rotatable bonds is 8. The van der Waals surface area contributed by atoms with Crippen molar-refractivity contribution in [2.45, 2.75) is 32.1 Å². The van der Waals surface area contributed by atoms with Crippen molar-refractivity contribution in [2.75, 3.05) is 31.5 Å². The molecule has 3 aliphatic heterocycles. The van der Waals surface area contributed by atoms with Crippen LogP contribution in [0.3, 0.4) is 0 Å². The molecular formula is C29H35N3O4. The van der Waals surface area contributed by atoms with Gasteiger partial charge in [0.15, 0.2) is 0 Å². The quantitative estimate of drug-likeness (QED) is 0.395. The summed E-state index contributed by atoms with van der Waals surface area (Å²) in [5.74, 6) is 0.469. The summed E-state index contributed by atoms with van der Waals surface area (Å²) in [5.41, 5.74) is 5.29. The molecule has 7 nitrogen and oxygen atoms in total. The monoisotopic (exact) mass is 489 g/mol. The fraction of sp³-hybridized carbons (Fsp3) is 0.379. The molecule has 6 rings (SSSR count). The molecule has 1 aliphatic carbocycles. The van der Waals surface area contributed by atoms with E-state index in [4.69, 9.17) is 10.2 Å². The van der Waals surface area contributed by atoms with Gasteiger partial charge in [0.05, 0.1) is 0 Å². The van der Waals surface area contributed by atoms with Gasteiger partial charge in [0, 0.05) is 36.5 Å². The lowest BCUT2D eigenvalue weighted by atomic mass is 9.79. The third-order valence-corrected chi connectivity index (χ3v) is 7.28. The van der Waals surface area contributed by atoms with E-state index in [0.717, 1.165) is 18.4 Å². The Morgan fingerprint density at radius 2 is 1.56 bits per heavy atom. The van der Waals surface area contributed by atoms with Crippen LogP contribution in [-0.4, -0.2) is 53.2 Å². The van der Waals surface area contributed by atoms with Crippen molar-refractivity contribution in [1.29, 1.82) is 0 Å². The van der Waals surface area contributed by atoms with Crippen LogP contribution in [0.4, 0.5) is 5.69 Å². The van der Waals surface area contributed by atoms with Crippen molar-refractivity contribution < 1.29 is 19.8 Å². The molecule has 190 valence electrons. The molecule has 7 heteroatoms. The molecule has 1 atom stereocenters. The first-order chi connectivity index (χ1) is 17.5. The van der Waals surface area contributed by atoms with E-state index in [1.54, 1.807) is 5.57 Å². The molecule has 0 spiro atoms. The van der Waals surface area contributed by atoms with Crippen molar-refractivity contribution in [1.82, 2.24) is 10.2 Å². The molecule has 3 heterocycles. The molecule has 4 N–H and O–H groups in total. The van der Waals surface area contributed by atoms with Gasteiger partial charge in [-0.3, -0.25) is 0 Å². The maximum atomic E-state index is 9.55. The van der Waals surface area contributed by atoms with Gasteiger partial charge < -0.3 is 25.7 Å². The molecule has 1 unspecified atom stereocenters. The fourth-order valence-corrected chi connectivity index (χ4v) is 5.15. The van der Waals surface area contributed by atoms with Gasteiger partial charge in [-0.1, -0.05) is 48.5 Å². The third kappa shape index (κ3) is 6.98. The molecule has 0 amide bonds. The molecule has 3 saturated heterocycles. The number of allylic oxidation sites excluding steroid dienone is 1. The summed E-state index contributed by atoms with van der Waals surface area (Å²) in [5, 5.41) is 23.3. The Hall–Kier alpha value is -3.58. The number of nitrogens with one attached hydrogen (secondary N) is 2. The number of anilines is 1. The number of para-hydroxylation sites is 1. The molecular weight excluding hydrogens is 454 g/mol. The molecule has 1 saturated carbocycles. The Bertz CT molecular complexity index is 1080. The lowest BCUT2D eigenvalue weighted by Crippen LogP contribution is -2.50. The number of aliphatic carboxylic acids is 2. The summed E-state index contributed by atoms with van der Waals surface area (Å²) in [6, 6.07) is 19.4. The van der Waals surface area contributed by atoms with E-state index in [1.165, 1.54) is 74.4 Å². The van der Waals surface area contributed by atoms with Crippen molar-refractivity contribution in [3.05, 3.63) is 78.1 Å². The van der Waals surface area contributed by atoms with Crippen LogP contribution < -0.4 is 10.6 Å². The predicted molar refractivity (Wildman–Crippen MR) is 141 cm³/mol. The van der Waals surface area contributed by atoms with E-state index < -0.39 is 11.9 Å². The van der Waals surface area contributed by atoms with E-state index >= 15 is 0 Å². The third-order valence-electron chi connectivity index (χ3n) is 7.28. The number of hydrogen-bond donors (Lipinski definition) is 4. The summed E-state index contributed by atoms with van der Waals surface area (Å²) in [7, 11) is 0. The smallest absolute Gasteiger partial charge is 0.328 e. The topological polar surface area (TPSA) is 102 Å². The number of carboxylic acid groups (broad SMARTS) is 2. The van der Waals surface area contributed by atoms with E-state index in [9.17, 15) is 9.59 Å². The van der Waals surface area contributed by atoms with Gasteiger partial charge in [-0.2, -0.15) is 0 Å². The minimum Gasteiger partial charge on any atom is -0.478 e. The zero-order valence-corrected chi connectivity index (χ0v) is 20.5. The van der Waals surface area contributed by atoms with E-state index in [0.29, 0.717) is 12.2 Å². The first-order valence-corrected chi connectivity index (χ1v) is 12.7. The average molecular weight is 490 g/mol. The first kappa shape index (κ1) is 25.5. The van der Waals surface area contributed by atoms with Crippen molar-refractivity contribution in [3.63, 3.8) is 0 Å². The maximum absolute atomic E-state index is 9.55. The van der Waals surface area contributed by atoms with Crippen LogP contribution in [0.15, 0.2) is 78.1 Å². The van der Waals surface area contributed by atoms with Gasteiger partial charge in [0.1, 0.15) is 5.82 Å². The predicted octanol–water partition coefficient (Wildman–Crippen LogP) is 4.80. The lowest BCUT2D eigenvalue weighted by molar-refractivity contribution is -0.134. The van der Waals surface area contributed by atoms with Crippen LogP contribution >= 0.6 is 0 Å². The molecule has 2 bridgehead atoms. The normalized spacial score (nSPS) is 22.2. The highest BCUT2D eigenvalue weighted by atomic mass is 16.4. The summed E-state index contributed by atoms with van der Waals surface area (Å²) in [4.78, 5) is 21.8. The molecule has 0 radical (unpaired) electrons. The Labute approximate surface area is 212 Å². The van der Waals surface area contributed by atoms with Crippen LogP contribution in [0.2, 0.25) is 0 Å². The Morgan fingerprint density at radius 1 is 0.917 bits per heavy atom. The largest absolute Gasteiger partial charge is 0.478 e. The Morgan fingerprint density at radius 3 is 2.11 bits per heavy atom. The summed E-state index contributed by atoms with van der Waals surface area (Å²) >= 11 is 0. The van der Waals surface area contributed by atoms with Crippen LogP contribution in [-0.2, 0) is 9.59 Å². The number of benzene rings is 2. The zero-order chi connectivity index (χ0) is 25.3. The molecule has 0 aromatic heterocycles. The van der Waals surface area contributed by atoms with Crippen LogP contribution in [0.25, 0.3) is 11.1 Å². The second-order valence-electron chi connectivity index (χ2n) is 9.66. The minimum absolute atomic E-state index is 0.558. The Kier molecular flexibility index (Phi) is 8.79. The first-order valence-electron chi connectivity index (χ1n) is 12.7. The number of fused-ring (bicyclic) bond motifs is 3. The molecule has 2 aromatic rings. The average Bonchev–Trinajstić information content (AvgIpc) is 2.87. The second-order valence-corrected chi connectivity index (χ2v) is 9.66. The fourth-order valence-electron chi connectivity index (χ4n) is 5.15. The maximum Gasteiger partial charge on any atom is 0.328 e. The van der Waals surface area contributed by atoms with E-state index in [2.05, 4.69) is 70.1 Å². The summed E-state index contributed by atoms with van der Waals surface area (Å²) < 4.78 is 0. The van der Waals surface area contributed by atoms with Crippen LogP contribution in [0.1, 0.15) is 32.1 Å². The van der Waals surface area contributed by atoms with E-state index in [1.807, 2.05) is 0 Å². The second kappa shape index (κ2) is 12.4. The van der Waals surface area contributed by atoms with Crippen LogP contribution in [0.5, 0.6) is 0 Å². The summed E-state index contributed by atoms with van der Waals surface area (Å²) in [6.07, 6.45) is 7.67. The standard InChI is InChI=1S/C25H31N3.C4H4O4/c1-2-7-20(8-3-1)23-11-4-5-12-24(23)27-25(21-9-6-10-21)26-17-22-18-28-15-13-19(22)14-16-28;5-3(6)1-2-4(7)8/h1-5,7-8,11-12,19,22,26-27H,6,9-10,13-18H2;1-2H,(H,5,6)(H,7,8)/b;2-1+. The highest BCUT2D eigenvalue weighted by Gasteiger charge is 2.34. The van der Waals surface area contributed by atoms with Crippen molar-refractivity contribution >= 4 is 17.6 Å². The van der Waals surface area contributed by atoms with E-state index in [-0.39, 0.29) is 0 Å².